The molecule has 0 unspecified atom stereocenters. The molecule has 0 radical (unpaired) electrons. The van der Waals surface area contributed by atoms with Gasteiger partial charge < -0.3 is 9.55 Å². The molecule has 0 aliphatic rings. The van der Waals surface area contributed by atoms with Crippen LogP contribution in [0, 0.1) is 0 Å². The highest BCUT2D eigenvalue weighted by molar-refractivity contribution is 6.38. The molecule has 11 rings (SSSR count). The van der Waals surface area contributed by atoms with Crippen LogP contribution in [0.4, 0.5) is 0 Å². The first-order chi connectivity index (χ1) is 23.8. The third-order valence-corrected chi connectivity index (χ3v) is 10.1. The molecule has 0 aliphatic heterocycles. The van der Waals surface area contributed by atoms with Crippen molar-refractivity contribution in [1.29, 1.82) is 0 Å². The van der Waals surface area contributed by atoms with Gasteiger partial charge in [0.2, 0.25) is 0 Å². The maximum atomic E-state index is 5.16. The summed E-state index contributed by atoms with van der Waals surface area (Å²) in [4.78, 5) is 13.8. The van der Waals surface area contributed by atoms with Crippen molar-refractivity contribution in [2.45, 2.75) is 0 Å². The smallest absolute Gasteiger partial charge is 0.159 e. The van der Waals surface area contributed by atoms with Gasteiger partial charge in [0.15, 0.2) is 5.82 Å². The van der Waals surface area contributed by atoms with E-state index in [4.69, 9.17) is 9.97 Å². The van der Waals surface area contributed by atoms with Crippen molar-refractivity contribution in [2.75, 3.05) is 0 Å². The molecule has 0 bridgehead atoms. The van der Waals surface area contributed by atoms with Gasteiger partial charge in [-0.3, -0.25) is 0 Å². The number of nitrogens with one attached hydrogen (secondary N) is 1. The molecule has 48 heavy (non-hydrogen) atoms. The fraction of sp³-hybridized carbons (Fsp3) is 0. The van der Waals surface area contributed by atoms with E-state index in [1.807, 2.05) is 6.20 Å². The van der Waals surface area contributed by atoms with Crippen molar-refractivity contribution < 1.29 is 0 Å². The Kier molecular flexibility index (Phi) is 5.08. The number of para-hydroxylation sites is 1. The zero-order valence-electron chi connectivity index (χ0n) is 25.8. The molecule has 0 amide bonds. The SMILES string of the molecule is c1cc(-c2ncc3ccc4ccccc4c3n2)cc(-n2c3c4ccccc4ccc3c3c4c5ccccc5[nH]c4c4ccccc4c32)c1. The summed E-state index contributed by atoms with van der Waals surface area (Å²) < 4.78 is 2.48. The van der Waals surface area contributed by atoms with Gasteiger partial charge in [0.25, 0.3) is 0 Å². The minimum atomic E-state index is 0.718. The predicted octanol–water partition coefficient (Wildman–Crippen LogP) is 11.5. The van der Waals surface area contributed by atoms with Crippen LogP contribution in [0.1, 0.15) is 0 Å². The Bertz CT molecular complexity index is 3130. The first-order valence-electron chi connectivity index (χ1n) is 16.3. The first kappa shape index (κ1) is 25.6. The van der Waals surface area contributed by atoms with Gasteiger partial charge >= 0.3 is 0 Å². The van der Waals surface area contributed by atoms with Crippen molar-refractivity contribution in [1.82, 2.24) is 19.5 Å². The Morgan fingerprint density at radius 3 is 2.04 bits per heavy atom. The topological polar surface area (TPSA) is 46.5 Å². The Hall–Kier alpha value is -6.52. The summed E-state index contributed by atoms with van der Waals surface area (Å²) in [5, 5.41) is 13.2. The molecular weight excluding hydrogens is 585 g/mol. The van der Waals surface area contributed by atoms with Gasteiger partial charge in [-0.05, 0) is 29.0 Å². The standard InChI is InChI=1S/C44H26N4/c1-3-14-31-26(10-1)20-21-29-25-45-44(47-40(29)31)28-12-9-13-30(24-28)48-42-32-15-4-2-11-27(32)22-23-36(42)39-38-35-18-7-8-19-37(35)46-41(38)33-16-5-6-17-34(33)43(39)48/h1-25,46H. The van der Waals surface area contributed by atoms with E-state index in [0.717, 1.165) is 38.9 Å². The quantitative estimate of drug-likeness (QED) is 0.198. The fourth-order valence-electron chi connectivity index (χ4n) is 8.02. The summed E-state index contributed by atoms with van der Waals surface area (Å²) in [7, 11) is 0. The third-order valence-electron chi connectivity index (χ3n) is 10.1. The summed E-state index contributed by atoms with van der Waals surface area (Å²) in [6.07, 6.45) is 1.95. The number of hydrogen-bond donors (Lipinski definition) is 1. The van der Waals surface area contributed by atoms with Gasteiger partial charge in [0.05, 0.1) is 22.1 Å². The lowest BCUT2D eigenvalue weighted by Crippen LogP contribution is -1.97. The molecule has 11 aromatic rings. The van der Waals surface area contributed by atoms with Crippen LogP contribution in [-0.2, 0) is 0 Å². The van der Waals surface area contributed by atoms with E-state index in [9.17, 15) is 0 Å². The second kappa shape index (κ2) is 9.50. The van der Waals surface area contributed by atoms with Gasteiger partial charge in [-0.1, -0.05) is 127 Å². The molecular formula is C44H26N4. The molecule has 4 heteroatoms. The summed E-state index contributed by atoms with van der Waals surface area (Å²) >= 11 is 0. The van der Waals surface area contributed by atoms with E-state index in [-0.39, 0.29) is 0 Å². The number of benzene rings is 8. The van der Waals surface area contributed by atoms with E-state index in [2.05, 4.69) is 155 Å². The maximum Gasteiger partial charge on any atom is 0.159 e. The van der Waals surface area contributed by atoms with Crippen molar-refractivity contribution in [3.63, 3.8) is 0 Å². The monoisotopic (exact) mass is 610 g/mol. The van der Waals surface area contributed by atoms with E-state index < -0.39 is 0 Å². The lowest BCUT2D eigenvalue weighted by Gasteiger charge is -2.13. The highest BCUT2D eigenvalue weighted by Gasteiger charge is 2.23. The highest BCUT2D eigenvalue weighted by Crippen LogP contribution is 2.46. The van der Waals surface area contributed by atoms with E-state index in [1.54, 1.807) is 0 Å². The van der Waals surface area contributed by atoms with E-state index in [0.29, 0.717) is 0 Å². The molecule has 0 fully saturated rings. The Morgan fingerprint density at radius 1 is 0.479 bits per heavy atom. The van der Waals surface area contributed by atoms with Crippen molar-refractivity contribution in [2.24, 2.45) is 0 Å². The van der Waals surface area contributed by atoms with E-state index in [1.165, 1.54) is 65.0 Å². The molecule has 3 heterocycles. The van der Waals surface area contributed by atoms with Gasteiger partial charge in [0, 0.05) is 71.4 Å². The lowest BCUT2D eigenvalue weighted by molar-refractivity contribution is 1.18. The summed E-state index contributed by atoms with van der Waals surface area (Å²) in [5.74, 6) is 0.718. The zero-order valence-corrected chi connectivity index (χ0v) is 25.8. The second-order valence-electron chi connectivity index (χ2n) is 12.7. The van der Waals surface area contributed by atoms with Crippen molar-refractivity contribution in [3.8, 4) is 17.1 Å². The van der Waals surface area contributed by atoms with Gasteiger partial charge in [0.1, 0.15) is 0 Å². The molecule has 0 aliphatic carbocycles. The molecule has 4 nitrogen and oxygen atoms in total. The van der Waals surface area contributed by atoms with Crippen LogP contribution in [0.3, 0.4) is 0 Å². The van der Waals surface area contributed by atoms with Crippen LogP contribution in [-0.4, -0.2) is 19.5 Å². The zero-order chi connectivity index (χ0) is 31.3. The van der Waals surface area contributed by atoms with Crippen LogP contribution in [0.25, 0.3) is 104 Å². The average molecular weight is 611 g/mol. The number of aromatic amines is 1. The lowest BCUT2D eigenvalue weighted by atomic mass is 9.98. The molecule has 0 saturated carbocycles. The minimum Gasteiger partial charge on any atom is -0.354 e. The molecule has 8 aromatic carbocycles. The summed E-state index contributed by atoms with van der Waals surface area (Å²) in [6, 6.07) is 52.2. The molecule has 0 saturated heterocycles. The summed E-state index contributed by atoms with van der Waals surface area (Å²) in [6.45, 7) is 0. The highest BCUT2D eigenvalue weighted by atomic mass is 15.0. The van der Waals surface area contributed by atoms with E-state index >= 15 is 0 Å². The Balaban J connectivity index is 1.29. The largest absolute Gasteiger partial charge is 0.354 e. The summed E-state index contributed by atoms with van der Waals surface area (Å²) in [5.41, 5.74) is 7.76. The first-order valence-corrected chi connectivity index (χ1v) is 16.3. The molecule has 0 atom stereocenters. The number of rotatable bonds is 2. The van der Waals surface area contributed by atoms with Gasteiger partial charge in [-0.2, -0.15) is 0 Å². The predicted molar refractivity (Wildman–Crippen MR) is 201 cm³/mol. The normalized spacial score (nSPS) is 12.2. The van der Waals surface area contributed by atoms with Crippen LogP contribution >= 0.6 is 0 Å². The molecule has 3 aromatic heterocycles. The van der Waals surface area contributed by atoms with Gasteiger partial charge in [-0.15, -0.1) is 0 Å². The average Bonchev–Trinajstić information content (AvgIpc) is 3.72. The minimum absolute atomic E-state index is 0.718. The van der Waals surface area contributed by atoms with Crippen LogP contribution in [0.2, 0.25) is 0 Å². The fourth-order valence-corrected chi connectivity index (χ4v) is 8.02. The Labute approximate surface area is 274 Å². The second-order valence-corrected chi connectivity index (χ2v) is 12.7. The van der Waals surface area contributed by atoms with Crippen LogP contribution in [0.15, 0.2) is 152 Å². The van der Waals surface area contributed by atoms with Crippen molar-refractivity contribution >= 4 is 86.8 Å². The maximum absolute atomic E-state index is 5.16. The number of H-pyrrole nitrogens is 1. The Morgan fingerprint density at radius 2 is 1.17 bits per heavy atom. The molecule has 222 valence electrons. The van der Waals surface area contributed by atoms with Crippen LogP contribution < -0.4 is 0 Å². The molecule has 1 N–H and O–H groups in total. The van der Waals surface area contributed by atoms with Crippen LogP contribution in [0.5, 0.6) is 0 Å². The number of hydrogen-bond acceptors (Lipinski definition) is 2. The number of fused-ring (bicyclic) bond motifs is 15. The number of nitrogens with zero attached hydrogens (tertiary/aromatic N) is 3. The van der Waals surface area contributed by atoms with Gasteiger partial charge in [-0.25, -0.2) is 9.97 Å². The molecule has 0 spiro atoms. The van der Waals surface area contributed by atoms with Crippen molar-refractivity contribution in [3.05, 3.63) is 152 Å². The number of aromatic nitrogens is 4. The third kappa shape index (κ3) is 3.43.